The molecule has 0 N–H and O–H groups in total. The molecule has 1 aromatic rings. The van der Waals surface area contributed by atoms with E-state index in [9.17, 15) is 8.42 Å². The number of benzene rings is 1. The average Bonchev–Trinajstić information content (AvgIpc) is 2.54. The number of rotatable bonds is 3. The molecule has 1 saturated heterocycles. The zero-order valence-electron chi connectivity index (χ0n) is 13.3. The van der Waals surface area contributed by atoms with Gasteiger partial charge in [-0.05, 0) is 55.4 Å². The maximum Gasteiger partial charge on any atom is 0.304 e. The Morgan fingerprint density at radius 2 is 1.91 bits per heavy atom. The van der Waals surface area contributed by atoms with E-state index < -0.39 is 10.2 Å². The number of aryl methyl sites for hydroxylation is 1. The summed E-state index contributed by atoms with van der Waals surface area (Å²) in [5, 5.41) is 0. The number of nitrogens with zero attached hydrogens (tertiary/aromatic N) is 2. The fraction of sp³-hybridized carbons (Fsp3) is 0.625. The zero-order valence-corrected chi connectivity index (χ0v) is 14.1. The van der Waals surface area contributed by atoms with E-state index in [0.29, 0.717) is 25.6 Å². The molecular weight excluding hydrogens is 300 g/mol. The van der Waals surface area contributed by atoms with Crippen molar-refractivity contribution >= 4 is 15.9 Å². The highest BCUT2D eigenvalue weighted by Gasteiger charge is 2.34. The Bertz CT molecular complexity index is 637. The fourth-order valence-corrected chi connectivity index (χ4v) is 5.00. The number of piperidine rings is 1. The molecule has 0 amide bonds. The third-order valence-electron chi connectivity index (χ3n) is 4.71. The van der Waals surface area contributed by atoms with E-state index in [0.717, 1.165) is 42.7 Å². The van der Waals surface area contributed by atoms with Crippen LogP contribution in [0.2, 0.25) is 0 Å². The van der Waals surface area contributed by atoms with Gasteiger partial charge in [0, 0.05) is 19.6 Å². The molecule has 2 heterocycles. The van der Waals surface area contributed by atoms with Crippen molar-refractivity contribution in [2.24, 2.45) is 5.92 Å². The van der Waals surface area contributed by atoms with Crippen LogP contribution in [-0.2, 0) is 16.6 Å². The third kappa shape index (κ3) is 2.82. The summed E-state index contributed by atoms with van der Waals surface area (Å²) in [4.78, 5) is 0. The Morgan fingerprint density at radius 3 is 2.59 bits per heavy atom. The van der Waals surface area contributed by atoms with Crippen LogP contribution in [0.5, 0.6) is 5.75 Å². The van der Waals surface area contributed by atoms with Crippen LogP contribution in [0.4, 0.5) is 5.69 Å². The molecule has 5 nitrogen and oxygen atoms in total. The Labute approximate surface area is 133 Å². The minimum atomic E-state index is -3.42. The molecule has 6 heteroatoms. The summed E-state index contributed by atoms with van der Waals surface area (Å²) in [6, 6.07) is 5.66. The van der Waals surface area contributed by atoms with Crippen LogP contribution in [-0.4, -0.2) is 39.5 Å². The van der Waals surface area contributed by atoms with E-state index in [-0.39, 0.29) is 0 Å². The first kappa shape index (κ1) is 15.6. The maximum atomic E-state index is 13.0. The Morgan fingerprint density at radius 1 is 1.18 bits per heavy atom. The quantitative estimate of drug-likeness (QED) is 0.858. The molecule has 0 aliphatic carbocycles. The van der Waals surface area contributed by atoms with Crippen LogP contribution in [0.1, 0.15) is 31.7 Å². The van der Waals surface area contributed by atoms with E-state index in [1.54, 1.807) is 15.7 Å². The van der Waals surface area contributed by atoms with E-state index in [1.807, 2.05) is 18.2 Å². The number of fused-ring (bicyclic) bond motifs is 1. The number of anilines is 1. The molecule has 1 fully saturated rings. The van der Waals surface area contributed by atoms with Crippen molar-refractivity contribution in [3.8, 4) is 5.75 Å². The molecule has 22 heavy (non-hydrogen) atoms. The SMILES string of the molecule is COc1ccc2c(c1)CCCN2S(=O)(=O)N1CCC(C)CC1. The summed E-state index contributed by atoms with van der Waals surface area (Å²) < 4.78 is 34.5. The molecule has 0 aromatic heterocycles. The van der Waals surface area contributed by atoms with Crippen molar-refractivity contribution in [2.75, 3.05) is 31.0 Å². The van der Waals surface area contributed by atoms with Gasteiger partial charge in [-0.2, -0.15) is 12.7 Å². The van der Waals surface area contributed by atoms with Crippen LogP contribution in [0.25, 0.3) is 0 Å². The topological polar surface area (TPSA) is 49.9 Å². The van der Waals surface area contributed by atoms with Crippen molar-refractivity contribution < 1.29 is 13.2 Å². The van der Waals surface area contributed by atoms with Crippen molar-refractivity contribution in [1.82, 2.24) is 4.31 Å². The lowest BCUT2D eigenvalue weighted by Crippen LogP contribution is -2.48. The average molecular weight is 324 g/mol. The molecule has 0 radical (unpaired) electrons. The highest BCUT2D eigenvalue weighted by Crippen LogP contribution is 2.34. The van der Waals surface area contributed by atoms with Gasteiger partial charge in [-0.1, -0.05) is 6.92 Å². The molecule has 2 aliphatic rings. The molecule has 1 aromatic carbocycles. The fourth-order valence-electron chi connectivity index (χ4n) is 3.26. The van der Waals surface area contributed by atoms with Gasteiger partial charge in [0.1, 0.15) is 5.75 Å². The summed E-state index contributed by atoms with van der Waals surface area (Å²) in [6.07, 6.45) is 3.64. The summed E-state index contributed by atoms with van der Waals surface area (Å²) in [7, 11) is -1.78. The van der Waals surface area contributed by atoms with Crippen LogP contribution in [0.15, 0.2) is 18.2 Å². The Hall–Kier alpha value is -1.27. The number of hydrogen-bond donors (Lipinski definition) is 0. The number of methoxy groups -OCH3 is 1. The first-order chi connectivity index (χ1) is 10.5. The first-order valence-corrected chi connectivity index (χ1v) is 9.37. The van der Waals surface area contributed by atoms with Crippen LogP contribution in [0, 0.1) is 5.92 Å². The third-order valence-corrected chi connectivity index (χ3v) is 6.66. The Balaban J connectivity index is 1.89. The van der Waals surface area contributed by atoms with E-state index in [4.69, 9.17) is 4.74 Å². The number of hydrogen-bond acceptors (Lipinski definition) is 3. The molecule has 122 valence electrons. The molecule has 0 saturated carbocycles. The molecule has 2 aliphatic heterocycles. The van der Waals surface area contributed by atoms with Gasteiger partial charge < -0.3 is 4.74 Å². The molecular formula is C16H24N2O3S. The second kappa shape index (κ2) is 6.08. The normalized spacial score (nSPS) is 20.7. The molecule has 0 bridgehead atoms. The molecule has 0 atom stereocenters. The standard InChI is InChI=1S/C16H24N2O3S/c1-13-7-10-17(11-8-13)22(19,20)18-9-3-4-14-12-15(21-2)5-6-16(14)18/h5-6,12-13H,3-4,7-11H2,1-2H3. The minimum Gasteiger partial charge on any atom is -0.497 e. The largest absolute Gasteiger partial charge is 0.497 e. The monoisotopic (exact) mass is 324 g/mol. The van der Waals surface area contributed by atoms with Crippen molar-refractivity contribution in [2.45, 2.75) is 32.6 Å². The van der Waals surface area contributed by atoms with Gasteiger partial charge in [-0.25, -0.2) is 0 Å². The van der Waals surface area contributed by atoms with Gasteiger partial charge in [-0.15, -0.1) is 0 Å². The maximum absolute atomic E-state index is 13.0. The van der Waals surface area contributed by atoms with E-state index in [1.165, 1.54) is 0 Å². The molecule has 0 unspecified atom stereocenters. The zero-order chi connectivity index (χ0) is 15.7. The summed E-state index contributed by atoms with van der Waals surface area (Å²) >= 11 is 0. The second-order valence-electron chi connectivity index (χ2n) is 6.26. The summed E-state index contributed by atoms with van der Waals surface area (Å²) in [6.45, 7) is 4.01. The van der Waals surface area contributed by atoms with Gasteiger partial charge in [0.2, 0.25) is 0 Å². The lowest BCUT2D eigenvalue weighted by atomic mass is 10.0. The molecule has 0 spiro atoms. The van der Waals surface area contributed by atoms with Crippen molar-refractivity contribution in [1.29, 1.82) is 0 Å². The molecule has 3 rings (SSSR count). The van der Waals surface area contributed by atoms with Crippen LogP contribution in [0.3, 0.4) is 0 Å². The lowest BCUT2D eigenvalue weighted by molar-refractivity contribution is 0.287. The smallest absolute Gasteiger partial charge is 0.304 e. The first-order valence-electron chi connectivity index (χ1n) is 7.97. The number of ether oxygens (including phenoxy) is 1. The van der Waals surface area contributed by atoms with Crippen LogP contribution >= 0.6 is 0 Å². The lowest BCUT2D eigenvalue weighted by Gasteiger charge is -2.37. The summed E-state index contributed by atoms with van der Waals surface area (Å²) in [5.41, 5.74) is 1.87. The van der Waals surface area contributed by atoms with Gasteiger partial charge in [0.15, 0.2) is 0 Å². The highest BCUT2D eigenvalue weighted by molar-refractivity contribution is 7.90. The Kier molecular flexibility index (Phi) is 4.32. The highest BCUT2D eigenvalue weighted by atomic mass is 32.2. The van der Waals surface area contributed by atoms with Crippen molar-refractivity contribution in [3.05, 3.63) is 23.8 Å². The summed E-state index contributed by atoms with van der Waals surface area (Å²) in [5.74, 6) is 1.40. The van der Waals surface area contributed by atoms with Crippen LogP contribution < -0.4 is 9.04 Å². The predicted molar refractivity (Wildman–Crippen MR) is 87.6 cm³/mol. The van der Waals surface area contributed by atoms with Crippen molar-refractivity contribution in [3.63, 3.8) is 0 Å². The van der Waals surface area contributed by atoms with Gasteiger partial charge in [-0.3, -0.25) is 4.31 Å². The van der Waals surface area contributed by atoms with Gasteiger partial charge in [0.05, 0.1) is 12.8 Å². The van der Waals surface area contributed by atoms with Gasteiger partial charge >= 0.3 is 10.2 Å². The predicted octanol–water partition coefficient (Wildman–Crippen LogP) is 2.42. The second-order valence-corrected chi connectivity index (χ2v) is 8.11. The van der Waals surface area contributed by atoms with E-state index in [2.05, 4.69) is 6.92 Å². The van der Waals surface area contributed by atoms with E-state index >= 15 is 0 Å². The minimum absolute atomic E-state index is 0.563. The van der Waals surface area contributed by atoms with Gasteiger partial charge in [0.25, 0.3) is 0 Å².